The van der Waals surface area contributed by atoms with E-state index >= 15 is 0 Å². The summed E-state index contributed by atoms with van der Waals surface area (Å²) in [6, 6.07) is 10.0. The molecule has 0 radical (unpaired) electrons. The van der Waals surface area contributed by atoms with Crippen LogP contribution < -0.4 is 10.1 Å². The van der Waals surface area contributed by atoms with Gasteiger partial charge in [-0.2, -0.15) is 0 Å². The number of benzene rings is 2. The predicted octanol–water partition coefficient (Wildman–Crippen LogP) is 2.03. The highest BCUT2D eigenvalue weighted by Crippen LogP contribution is 2.21. The number of methoxy groups -OCH3 is 1. The van der Waals surface area contributed by atoms with Crippen molar-refractivity contribution in [2.45, 2.75) is 6.92 Å². The average molecular weight is 372 g/mol. The van der Waals surface area contributed by atoms with Crippen LogP contribution in [0.25, 0.3) is 0 Å². The summed E-state index contributed by atoms with van der Waals surface area (Å²) in [7, 11) is 1.48. The van der Waals surface area contributed by atoms with E-state index in [1.165, 1.54) is 44.4 Å². The maximum Gasteiger partial charge on any atom is 0.339 e. The predicted molar refractivity (Wildman–Crippen MR) is 93.6 cm³/mol. The number of amides is 2. The smallest absolute Gasteiger partial charge is 0.339 e. The van der Waals surface area contributed by atoms with E-state index in [1.54, 1.807) is 12.1 Å². The van der Waals surface area contributed by atoms with Crippen molar-refractivity contribution in [2.24, 2.45) is 0 Å². The molecule has 2 amide bonds. The Bertz CT molecular complexity index is 891. The maximum absolute atomic E-state index is 12.0. The van der Waals surface area contributed by atoms with Gasteiger partial charge in [-0.25, -0.2) is 4.79 Å². The molecule has 0 bridgehead atoms. The van der Waals surface area contributed by atoms with Crippen molar-refractivity contribution >= 4 is 23.5 Å². The molecule has 1 N–H and O–H groups in total. The summed E-state index contributed by atoms with van der Waals surface area (Å²) in [5.74, 6) is -1.83. The van der Waals surface area contributed by atoms with Crippen LogP contribution in [0.1, 0.15) is 26.3 Å². The minimum absolute atomic E-state index is 0.0292. The second kappa shape index (κ2) is 8.56. The van der Waals surface area contributed by atoms with E-state index < -0.39 is 29.3 Å². The Morgan fingerprint density at radius 2 is 1.78 bits per heavy atom. The fourth-order valence-electron chi connectivity index (χ4n) is 2.23. The summed E-state index contributed by atoms with van der Waals surface area (Å²) in [6.07, 6.45) is 0. The van der Waals surface area contributed by atoms with Gasteiger partial charge in [0.25, 0.3) is 17.5 Å². The lowest BCUT2D eigenvalue weighted by Crippen LogP contribution is -2.34. The average Bonchev–Trinajstić information content (AvgIpc) is 2.66. The van der Waals surface area contributed by atoms with Crippen LogP contribution in [0.2, 0.25) is 0 Å². The van der Waals surface area contributed by atoms with Gasteiger partial charge >= 0.3 is 5.97 Å². The monoisotopic (exact) mass is 372 g/mol. The zero-order valence-electron chi connectivity index (χ0n) is 14.6. The highest BCUT2D eigenvalue weighted by Gasteiger charge is 2.20. The first-order valence-corrected chi connectivity index (χ1v) is 7.73. The van der Waals surface area contributed by atoms with Crippen LogP contribution >= 0.6 is 0 Å². The fraction of sp³-hybridized carbons (Fsp3) is 0.167. The van der Waals surface area contributed by atoms with Crippen LogP contribution in [0.15, 0.2) is 42.5 Å². The van der Waals surface area contributed by atoms with Crippen molar-refractivity contribution in [3.05, 3.63) is 69.3 Å². The third-order valence-electron chi connectivity index (χ3n) is 3.66. The van der Waals surface area contributed by atoms with Gasteiger partial charge in [0.05, 0.1) is 17.6 Å². The Morgan fingerprint density at radius 3 is 2.37 bits per heavy atom. The van der Waals surface area contributed by atoms with Crippen LogP contribution in [0.3, 0.4) is 0 Å². The van der Waals surface area contributed by atoms with E-state index in [0.29, 0.717) is 5.75 Å². The molecule has 2 aromatic rings. The molecule has 0 aliphatic carbocycles. The molecule has 0 heterocycles. The highest BCUT2D eigenvalue weighted by atomic mass is 16.6. The van der Waals surface area contributed by atoms with Crippen molar-refractivity contribution in [3.8, 4) is 5.75 Å². The molecule has 0 saturated heterocycles. The Hall–Kier alpha value is -3.75. The van der Waals surface area contributed by atoms with Crippen LogP contribution in [0, 0.1) is 17.0 Å². The fourth-order valence-corrected chi connectivity index (χ4v) is 2.23. The van der Waals surface area contributed by atoms with Gasteiger partial charge in [-0.15, -0.1) is 0 Å². The van der Waals surface area contributed by atoms with Crippen LogP contribution in [-0.2, 0) is 9.53 Å². The Morgan fingerprint density at radius 1 is 1.11 bits per heavy atom. The van der Waals surface area contributed by atoms with Crippen LogP contribution in [-0.4, -0.2) is 36.4 Å². The lowest BCUT2D eigenvalue weighted by Gasteiger charge is -2.08. The van der Waals surface area contributed by atoms with E-state index in [9.17, 15) is 24.5 Å². The SMILES string of the molecule is COc1ccc(C(=O)NC(=O)COC(=O)c2cccc([N+](=O)[O-])c2C)cc1. The van der Waals surface area contributed by atoms with Gasteiger partial charge in [0, 0.05) is 17.2 Å². The first kappa shape index (κ1) is 19.6. The summed E-state index contributed by atoms with van der Waals surface area (Å²) in [5, 5.41) is 13.0. The summed E-state index contributed by atoms with van der Waals surface area (Å²) < 4.78 is 9.80. The second-order valence-electron chi connectivity index (χ2n) is 5.39. The minimum Gasteiger partial charge on any atom is -0.497 e. The van der Waals surface area contributed by atoms with Crippen LogP contribution in [0.4, 0.5) is 5.69 Å². The number of imide groups is 1. The van der Waals surface area contributed by atoms with Crippen molar-refractivity contribution in [1.29, 1.82) is 0 Å². The number of nitrogens with one attached hydrogen (secondary N) is 1. The van der Waals surface area contributed by atoms with Gasteiger partial charge in [0.1, 0.15) is 5.75 Å². The molecule has 2 aromatic carbocycles. The Balaban J connectivity index is 1.95. The molecule has 2 rings (SSSR count). The molecule has 27 heavy (non-hydrogen) atoms. The van der Waals surface area contributed by atoms with E-state index in [1.807, 2.05) is 0 Å². The number of nitro groups is 1. The van der Waals surface area contributed by atoms with Crippen molar-refractivity contribution in [3.63, 3.8) is 0 Å². The van der Waals surface area contributed by atoms with E-state index in [-0.39, 0.29) is 22.4 Å². The van der Waals surface area contributed by atoms with Gasteiger partial charge in [-0.1, -0.05) is 6.07 Å². The number of esters is 1. The molecular formula is C18H16N2O7. The van der Waals surface area contributed by atoms with Crippen molar-refractivity contribution in [1.82, 2.24) is 5.32 Å². The topological polar surface area (TPSA) is 125 Å². The summed E-state index contributed by atoms with van der Waals surface area (Å²) in [5.41, 5.74) is 0.0919. The molecule has 0 aliphatic rings. The molecule has 9 nitrogen and oxygen atoms in total. The Labute approximate surface area is 154 Å². The number of hydrogen-bond donors (Lipinski definition) is 1. The molecule has 0 aliphatic heterocycles. The van der Waals surface area contributed by atoms with Gasteiger partial charge in [-0.3, -0.25) is 25.0 Å². The van der Waals surface area contributed by atoms with Crippen molar-refractivity contribution in [2.75, 3.05) is 13.7 Å². The summed E-state index contributed by atoms with van der Waals surface area (Å²) in [4.78, 5) is 46.1. The first-order chi connectivity index (χ1) is 12.8. The lowest BCUT2D eigenvalue weighted by atomic mass is 10.1. The number of rotatable bonds is 6. The molecular weight excluding hydrogens is 356 g/mol. The zero-order chi connectivity index (χ0) is 20.0. The number of nitro benzene ring substituents is 1. The summed E-state index contributed by atoms with van der Waals surface area (Å²) in [6.45, 7) is 0.699. The molecule has 0 unspecified atom stereocenters. The molecule has 0 spiro atoms. The molecule has 0 saturated carbocycles. The molecule has 140 valence electrons. The standard InChI is InChI=1S/C18H16N2O7/c1-11-14(4-3-5-15(11)20(24)25)18(23)27-10-16(21)19-17(22)12-6-8-13(26-2)9-7-12/h3-9H,10H2,1-2H3,(H,19,21,22). The minimum atomic E-state index is -0.900. The number of carbonyl (C=O) groups is 3. The second-order valence-corrected chi connectivity index (χ2v) is 5.39. The van der Waals surface area contributed by atoms with Gasteiger partial charge in [-0.05, 0) is 37.3 Å². The number of nitrogens with zero attached hydrogens (tertiary/aromatic N) is 1. The molecule has 9 heteroatoms. The molecule has 0 atom stereocenters. The number of carbonyl (C=O) groups excluding carboxylic acids is 3. The molecule has 0 aromatic heterocycles. The largest absolute Gasteiger partial charge is 0.497 e. The van der Waals surface area contributed by atoms with E-state index in [0.717, 1.165) is 0 Å². The lowest BCUT2D eigenvalue weighted by molar-refractivity contribution is -0.385. The third kappa shape index (κ3) is 4.88. The van der Waals surface area contributed by atoms with E-state index in [2.05, 4.69) is 5.32 Å². The third-order valence-corrected chi connectivity index (χ3v) is 3.66. The van der Waals surface area contributed by atoms with E-state index in [4.69, 9.17) is 9.47 Å². The normalized spacial score (nSPS) is 10.0. The van der Waals surface area contributed by atoms with Gasteiger partial charge in [0.2, 0.25) is 0 Å². The summed E-state index contributed by atoms with van der Waals surface area (Å²) >= 11 is 0. The quantitative estimate of drug-likeness (QED) is 0.467. The first-order valence-electron chi connectivity index (χ1n) is 7.73. The number of hydrogen-bond acceptors (Lipinski definition) is 7. The van der Waals surface area contributed by atoms with Gasteiger partial charge in [0.15, 0.2) is 6.61 Å². The Kier molecular flexibility index (Phi) is 6.21. The van der Waals surface area contributed by atoms with Crippen LogP contribution in [0.5, 0.6) is 5.75 Å². The maximum atomic E-state index is 12.0. The highest BCUT2D eigenvalue weighted by molar-refractivity contribution is 6.05. The van der Waals surface area contributed by atoms with Gasteiger partial charge < -0.3 is 9.47 Å². The molecule has 0 fully saturated rings. The zero-order valence-corrected chi connectivity index (χ0v) is 14.6. The number of ether oxygens (including phenoxy) is 2. The van der Waals surface area contributed by atoms with Crippen molar-refractivity contribution < 1.29 is 28.8 Å².